The fraction of sp³-hybridized carbons (Fsp3) is 0.917. The molecule has 1 fully saturated rings. The van der Waals surface area contributed by atoms with E-state index < -0.39 is 0 Å². The molecule has 0 saturated heterocycles. The minimum atomic E-state index is 0. The predicted octanol–water partition coefficient (Wildman–Crippen LogP) is 2.74. The molecule has 0 spiro atoms. The average Bonchev–Trinajstić information content (AvgIpc) is 2.82. The first kappa shape index (κ1) is 16.0. The molecule has 0 aromatic rings. The van der Waals surface area contributed by atoms with E-state index in [1.165, 1.54) is 19.3 Å². The van der Waals surface area contributed by atoms with Crippen LogP contribution in [-0.4, -0.2) is 18.5 Å². The van der Waals surface area contributed by atoms with E-state index in [1.807, 2.05) is 0 Å². The molecule has 0 aliphatic heterocycles. The van der Waals surface area contributed by atoms with E-state index in [4.69, 9.17) is 5.73 Å². The summed E-state index contributed by atoms with van der Waals surface area (Å²) in [6.07, 6.45) is 3.67. The third-order valence-electron chi connectivity index (χ3n) is 2.57. The van der Waals surface area contributed by atoms with Crippen LogP contribution in [0, 0.1) is 11.3 Å². The maximum Gasteiger partial charge on any atom is 0.188 e. The van der Waals surface area contributed by atoms with Crippen LogP contribution in [0.15, 0.2) is 4.99 Å². The fourth-order valence-corrected chi connectivity index (χ4v) is 1.95. The summed E-state index contributed by atoms with van der Waals surface area (Å²) >= 11 is 0. The largest absolute Gasteiger partial charge is 0.370 e. The van der Waals surface area contributed by atoms with Crippen LogP contribution in [0.2, 0.25) is 0 Å². The molecule has 0 atom stereocenters. The Morgan fingerprint density at radius 2 is 2.00 bits per heavy atom. The lowest BCUT2D eigenvalue weighted by Gasteiger charge is -2.24. The van der Waals surface area contributed by atoms with E-state index in [-0.39, 0.29) is 29.4 Å². The maximum absolute atomic E-state index is 5.79. The van der Waals surface area contributed by atoms with Crippen molar-refractivity contribution in [2.75, 3.05) is 6.54 Å². The molecular weight excluding hydrogens is 313 g/mol. The van der Waals surface area contributed by atoms with Gasteiger partial charge in [-0.15, -0.1) is 24.0 Å². The molecule has 0 radical (unpaired) electrons. The van der Waals surface area contributed by atoms with Crippen molar-refractivity contribution in [1.29, 1.82) is 0 Å². The molecule has 1 saturated carbocycles. The smallest absolute Gasteiger partial charge is 0.188 e. The minimum Gasteiger partial charge on any atom is -0.370 e. The van der Waals surface area contributed by atoms with Crippen LogP contribution in [0.5, 0.6) is 0 Å². The van der Waals surface area contributed by atoms with Crippen molar-refractivity contribution >= 4 is 29.9 Å². The van der Waals surface area contributed by atoms with Crippen LogP contribution in [0.25, 0.3) is 0 Å². The summed E-state index contributed by atoms with van der Waals surface area (Å²) in [6.45, 7) is 9.81. The van der Waals surface area contributed by atoms with Gasteiger partial charge in [-0.3, -0.25) is 4.99 Å². The zero-order valence-electron chi connectivity index (χ0n) is 10.9. The number of nitrogens with one attached hydrogen (secondary N) is 1. The molecule has 0 bridgehead atoms. The zero-order valence-corrected chi connectivity index (χ0v) is 13.2. The van der Waals surface area contributed by atoms with E-state index in [1.54, 1.807) is 0 Å². The average molecular weight is 339 g/mol. The molecule has 0 unspecified atom stereocenters. The standard InChI is InChI=1S/C12H25N3.HI/c1-9(2)7-12(3,4)8-14-11(13)15-10-5-6-10;/h9-10H,5-8H2,1-4H3,(H3,13,14,15);1H. The van der Waals surface area contributed by atoms with Crippen LogP contribution >= 0.6 is 24.0 Å². The van der Waals surface area contributed by atoms with Gasteiger partial charge in [0.15, 0.2) is 5.96 Å². The van der Waals surface area contributed by atoms with Crippen LogP contribution in [0.3, 0.4) is 0 Å². The molecular formula is C12H26IN3. The van der Waals surface area contributed by atoms with E-state index in [2.05, 4.69) is 38.0 Å². The maximum atomic E-state index is 5.79. The third-order valence-corrected chi connectivity index (χ3v) is 2.57. The highest BCUT2D eigenvalue weighted by atomic mass is 127. The Bertz CT molecular complexity index is 232. The lowest BCUT2D eigenvalue weighted by atomic mass is 9.84. The normalized spacial score (nSPS) is 17.2. The minimum absolute atomic E-state index is 0. The van der Waals surface area contributed by atoms with E-state index in [9.17, 15) is 0 Å². The summed E-state index contributed by atoms with van der Waals surface area (Å²) in [6, 6.07) is 0.599. The Morgan fingerprint density at radius 1 is 1.44 bits per heavy atom. The molecule has 0 aromatic carbocycles. The first-order chi connectivity index (χ1) is 6.89. The van der Waals surface area contributed by atoms with Gasteiger partial charge in [0.25, 0.3) is 0 Å². The van der Waals surface area contributed by atoms with Crippen molar-refractivity contribution in [2.45, 2.75) is 53.0 Å². The van der Waals surface area contributed by atoms with Gasteiger partial charge in [0.2, 0.25) is 0 Å². The number of nitrogens with two attached hydrogens (primary N) is 1. The van der Waals surface area contributed by atoms with Gasteiger partial charge in [-0.25, -0.2) is 0 Å². The Kier molecular flexibility index (Phi) is 6.67. The number of nitrogens with zero attached hydrogens (tertiary/aromatic N) is 1. The molecule has 0 aromatic heterocycles. The number of rotatable bonds is 5. The summed E-state index contributed by atoms with van der Waals surface area (Å²) in [7, 11) is 0. The van der Waals surface area contributed by atoms with Crippen LogP contribution in [-0.2, 0) is 0 Å². The highest BCUT2D eigenvalue weighted by Crippen LogP contribution is 2.25. The molecule has 96 valence electrons. The monoisotopic (exact) mass is 339 g/mol. The van der Waals surface area contributed by atoms with Crippen molar-refractivity contribution in [2.24, 2.45) is 22.1 Å². The van der Waals surface area contributed by atoms with Gasteiger partial charge in [0.05, 0.1) is 0 Å². The number of guanidine groups is 1. The Morgan fingerprint density at radius 3 is 2.44 bits per heavy atom. The van der Waals surface area contributed by atoms with Gasteiger partial charge in [-0.1, -0.05) is 27.7 Å². The quantitative estimate of drug-likeness (QED) is 0.460. The van der Waals surface area contributed by atoms with Crippen molar-refractivity contribution in [3.8, 4) is 0 Å². The van der Waals surface area contributed by atoms with Crippen LogP contribution < -0.4 is 11.1 Å². The summed E-state index contributed by atoms with van der Waals surface area (Å²) in [5, 5.41) is 3.21. The highest BCUT2D eigenvalue weighted by molar-refractivity contribution is 14.0. The summed E-state index contributed by atoms with van der Waals surface area (Å²) in [5.41, 5.74) is 6.05. The Labute approximate surface area is 117 Å². The first-order valence-corrected chi connectivity index (χ1v) is 5.95. The first-order valence-electron chi connectivity index (χ1n) is 5.95. The predicted molar refractivity (Wildman–Crippen MR) is 81.3 cm³/mol. The zero-order chi connectivity index (χ0) is 11.5. The number of halogens is 1. The number of aliphatic imine (C=N–C) groups is 1. The molecule has 1 rings (SSSR count). The van der Waals surface area contributed by atoms with Crippen molar-refractivity contribution in [3.63, 3.8) is 0 Å². The topological polar surface area (TPSA) is 50.4 Å². The van der Waals surface area contributed by atoms with Crippen molar-refractivity contribution < 1.29 is 0 Å². The van der Waals surface area contributed by atoms with E-state index in [0.29, 0.717) is 17.9 Å². The molecule has 3 nitrogen and oxygen atoms in total. The van der Waals surface area contributed by atoms with Crippen molar-refractivity contribution in [3.05, 3.63) is 0 Å². The molecule has 1 aliphatic carbocycles. The second kappa shape index (κ2) is 6.67. The lowest BCUT2D eigenvalue weighted by molar-refractivity contribution is 0.298. The molecule has 0 heterocycles. The highest BCUT2D eigenvalue weighted by Gasteiger charge is 2.22. The Balaban J connectivity index is 0.00000225. The number of hydrogen-bond acceptors (Lipinski definition) is 1. The van der Waals surface area contributed by atoms with Crippen LogP contribution in [0.1, 0.15) is 47.0 Å². The molecule has 1 aliphatic rings. The second-order valence-corrected chi connectivity index (χ2v) is 5.88. The molecule has 3 N–H and O–H groups in total. The van der Waals surface area contributed by atoms with Crippen LogP contribution in [0.4, 0.5) is 0 Å². The number of hydrogen-bond donors (Lipinski definition) is 2. The van der Waals surface area contributed by atoms with Gasteiger partial charge in [0.1, 0.15) is 0 Å². The van der Waals surface area contributed by atoms with Crippen molar-refractivity contribution in [1.82, 2.24) is 5.32 Å². The van der Waals surface area contributed by atoms with E-state index in [0.717, 1.165) is 6.54 Å². The van der Waals surface area contributed by atoms with Gasteiger partial charge < -0.3 is 11.1 Å². The van der Waals surface area contributed by atoms with Gasteiger partial charge in [-0.2, -0.15) is 0 Å². The summed E-state index contributed by atoms with van der Waals surface area (Å²) < 4.78 is 0. The Hall–Kier alpha value is 0. The van der Waals surface area contributed by atoms with Gasteiger partial charge >= 0.3 is 0 Å². The van der Waals surface area contributed by atoms with E-state index >= 15 is 0 Å². The SMILES string of the molecule is CC(C)CC(C)(C)CN=C(N)NC1CC1.I. The third kappa shape index (κ3) is 7.30. The molecule has 4 heteroatoms. The fourth-order valence-electron chi connectivity index (χ4n) is 1.95. The molecule has 0 amide bonds. The second-order valence-electron chi connectivity index (χ2n) is 5.88. The summed E-state index contributed by atoms with van der Waals surface area (Å²) in [4.78, 5) is 4.41. The van der Waals surface area contributed by atoms with Gasteiger partial charge in [0, 0.05) is 12.6 Å². The lowest BCUT2D eigenvalue weighted by Crippen LogP contribution is -2.34. The molecule has 16 heavy (non-hydrogen) atoms. The van der Waals surface area contributed by atoms with Gasteiger partial charge in [-0.05, 0) is 30.6 Å². The summed E-state index contributed by atoms with van der Waals surface area (Å²) in [5.74, 6) is 1.34.